The molecule has 0 bridgehead atoms. The average molecular weight is 888 g/mol. The largest absolute Gasteiger partial charge is 0.472 e. The van der Waals surface area contributed by atoms with Crippen LogP contribution in [-0.4, -0.2) is 69.6 Å². The normalized spacial score (nSPS) is 18.0. The molecule has 1 unspecified atom stereocenters. The summed E-state index contributed by atoms with van der Waals surface area (Å²) in [6, 6.07) is 0. The standard InChI is InChI=1S/C45H79FN3O11P/c1-4-6-8-10-12-14-16-18-20-22-24-26-28-30-40(50)56-33-37(59-41(51)31-29-27-25-23-21-19-17-15-13-11-9-7-5-2)34-57-61(54,55)58-35-39-42(52)36(3)44(60-39)49-32-38(46)43(47)48-45(49)53/h32,37,39,42,44,52H,3-31,33-35H2,1-2H3,(H,54,55)(H2,47,48,53)/t37-,39+,42-,44+/m0/s1. The van der Waals surface area contributed by atoms with E-state index in [2.05, 4.69) is 25.4 Å². The van der Waals surface area contributed by atoms with E-state index in [1.807, 2.05) is 0 Å². The molecule has 0 saturated carbocycles. The van der Waals surface area contributed by atoms with Crippen LogP contribution < -0.4 is 11.4 Å². The van der Waals surface area contributed by atoms with Crippen molar-refractivity contribution in [2.24, 2.45) is 0 Å². The van der Waals surface area contributed by atoms with Gasteiger partial charge in [0, 0.05) is 18.4 Å². The first-order valence-electron chi connectivity index (χ1n) is 23.4. The zero-order valence-electron chi connectivity index (χ0n) is 37.4. The number of halogens is 1. The number of carbonyl (C=O) groups is 2. The van der Waals surface area contributed by atoms with E-state index in [1.165, 1.54) is 116 Å². The lowest BCUT2D eigenvalue weighted by atomic mass is 10.0. The number of nitrogens with zero attached hydrogens (tertiary/aromatic N) is 2. The first-order valence-corrected chi connectivity index (χ1v) is 24.9. The predicted octanol–water partition coefficient (Wildman–Crippen LogP) is 10.3. The van der Waals surface area contributed by atoms with Gasteiger partial charge in [-0.25, -0.2) is 13.8 Å². The van der Waals surface area contributed by atoms with Gasteiger partial charge in [-0.2, -0.15) is 4.98 Å². The number of aromatic nitrogens is 2. The van der Waals surface area contributed by atoms with Crippen molar-refractivity contribution in [1.29, 1.82) is 0 Å². The summed E-state index contributed by atoms with van der Waals surface area (Å²) in [6.45, 7) is 6.45. The molecule has 1 saturated heterocycles. The van der Waals surface area contributed by atoms with Crippen molar-refractivity contribution < 1.29 is 51.8 Å². The molecule has 2 rings (SSSR count). The van der Waals surface area contributed by atoms with Crippen LogP contribution in [0.2, 0.25) is 0 Å². The van der Waals surface area contributed by atoms with Gasteiger partial charge in [0.15, 0.2) is 24.0 Å². The number of anilines is 1. The molecule has 0 radical (unpaired) electrons. The van der Waals surface area contributed by atoms with Crippen LogP contribution in [0.15, 0.2) is 23.1 Å². The smallest absolute Gasteiger partial charge is 0.462 e. The molecule has 2 heterocycles. The van der Waals surface area contributed by atoms with E-state index in [0.717, 1.165) is 49.3 Å². The molecule has 0 aliphatic carbocycles. The molecule has 1 aromatic heterocycles. The maximum atomic E-state index is 14.0. The summed E-state index contributed by atoms with van der Waals surface area (Å²) in [5.74, 6) is -2.63. The SMILES string of the molecule is C=C1[C@H](n2cc(F)c(N)nc2=O)O[C@H](COP(=O)(O)OC[C@H](COC(=O)CCCCCCCCCCCCCCC)OC(=O)CCCCCCCCCCCCCCC)[C@H]1O. The summed E-state index contributed by atoms with van der Waals surface area (Å²) >= 11 is 0. The summed E-state index contributed by atoms with van der Waals surface area (Å²) in [6.07, 6.45) is 26.2. The highest BCUT2D eigenvalue weighted by Crippen LogP contribution is 2.45. The monoisotopic (exact) mass is 888 g/mol. The Labute approximate surface area is 364 Å². The number of phosphoric ester groups is 1. The molecule has 61 heavy (non-hydrogen) atoms. The number of aliphatic hydroxyl groups excluding tert-OH is 1. The first kappa shape index (κ1) is 54.5. The van der Waals surface area contributed by atoms with E-state index in [9.17, 15) is 33.3 Å². The molecule has 5 atom stereocenters. The van der Waals surface area contributed by atoms with Crippen molar-refractivity contribution in [2.45, 2.75) is 218 Å². The minimum absolute atomic E-state index is 0.0496. The molecule has 0 aromatic carbocycles. The highest BCUT2D eigenvalue weighted by Gasteiger charge is 2.41. The summed E-state index contributed by atoms with van der Waals surface area (Å²) in [5, 5.41) is 10.6. The van der Waals surface area contributed by atoms with Gasteiger partial charge in [0.05, 0.1) is 19.4 Å². The lowest BCUT2D eigenvalue weighted by molar-refractivity contribution is -0.161. The fraction of sp³-hybridized carbons (Fsp3) is 0.822. The number of nitrogen functional groups attached to an aromatic ring is 1. The molecule has 4 N–H and O–H groups in total. The number of esters is 2. The molecular formula is C45H79FN3O11P. The van der Waals surface area contributed by atoms with E-state index in [1.54, 1.807) is 0 Å². The van der Waals surface area contributed by atoms with E-state index in [4.69, 9.17) is 29.0 Å². The number of unbranched alkanes of at least 4 members (excludes halogenated alkanes) is 24. The Morgan fingerprint density at radius 3 is 1.70 bits per heavy atom. The lowest BCUT2D eigenvalue weighted by Gasteiger charge is -2.21. The summed E-state index contributed by atoms with van der Waals surface area (Å²) in [4.78, 5) is 51.6. The van der Waals surface area contributed by atoms with Gasteiger partial charge in [0.2, 0.25) is 0 Å². The highest BCUT2D eigenvalue weighted by atomic mass is 31.2. The zero-order valence-corrected chi connectivity index (χ0v) is 38.3. The summed E-state index contributed by atoms with van der Waals surface area (Å²) in [5.41, 5.74) is 4.34. The third-order valence-electron chi connectivity index (χ3n) is 11.1. The van der Waals surface area contributed by atoms with Gasteiger partial charge in [-0.15, -0.1) is 0 Å². The fourth-order valence-corrected chi connectivity index (χ4v) is 8.05. The highest BCUT2D eigenvalue weighted by molar-refractivity contribution is 7.47. The van der Waals surface area contributed by atoms with Crippen LogP contribution in [0.25, 0.3) is 0 Å². The van der Waals surface area contributed by atoms with Gasteiger partial charge in [-0.1, -0.05) is 175 Å². The molecule has 0 spiro atoms. The predicted molar refractivity (Wildman–Crippen MR) is 235 cm³/mol. The molecule has 14 nitrogen and oxygen atoms in total. The number of aliphatic hydroxyl groups is 1. The van der Waals surface area contributed by atoms with Crippen LogP contribution in [0.5, 0.6) is 0 Å². The maximum absolute atomic E-state index is 14.0. The number of hydrogen-bond acceptors (Lipinski definition) is 12. The van der Waals surface area contributed by atoms with Gasteiger partial charge >= 0.3 is 25.5 Å². The van der Waals surface area contributed by atoms with Gasteiger partial charge in [-0.05, 0) is 12.8 Å². The van der Waals surface area contributed by atoms with Gasteiger partial charge < -0.3 is 29.9 Å². The van der Waals surface area contributed by atoms with Crippen LogP contribution in [0, 0.1) is 5.82 Å². The third kappa shape index (κ3) is 24.7. The second kappa shape index (κ2) is 32.9. The molecule has 16 heteroatoms. The number of carbonyl (C=O) groups excluding carboxylic acids is 2. The topological polar surface area (TPSA) is 199 Å². The minimum Gasteiger partial charge on any atom is -0.462 e. The van der Waals surface area contributed by atoms with Crippen molar-refractivity contribution in [3.63, 3.8) is 0 Å². The van der Waals surface area contributed by atoms with Crippen molar-refractivity contribution >= 4 is 25.6 Å². The Morgan fingerprint density at radius 2 is 1.23 bits per heavy atom. The van der Waals surface area contributed by atoms with Crippen LogP contribution >= 0.6 is 7.82 Å². The van der Waals surface area contributed by atoms with E-state index >= 15 is 0 Å². The van der Waals surface area contributed by atoms with Gasteiger partial charge in [0.25, 0.3) is 0 Å². The number of rotatable bonds is 38. The Bertz CT molecular complexity index is 1480. The van der Waals surface area contributed by atoms with E-state index in [-0.39, 0.29) is 25.0 Å². The van der Waals surface area contributed by atoms with Crippen molar-refractivity contribution in [1.82, 2.24) is 9.55 Å². The second-order valence-electron chi connectivity index (χ2n) is 16.6. The summed E-state index contributed by atoms with van der Waals surface area (Å²) < 4.78 is 54.5. The number of nitrogens with two attached hydrogens (primary N) is 1. The molecule has 0 amide bonds. The quantitative estimate of drug-likeness (QED) is 0.0245. The van der Waals surface area contributed by atoms with Crippen LogP contribution in [0.3, 0.4) is 0 Å². The second-order valence-corrected chi connectivity index (χ2v) is 18.0. The van der Waals surface area contributed by atoms with Crippen LogP contribution in [0.1, 0.15) is 200 Å². The zero-order chi connectivity index (χ0) is 44.7. The lowest BCUT2D eigenvalue weighted by Crippen LogP contribution is -2.30. The fourth-order valence-electron chi connectivity index (χ4n) is 7.29. The third-order valence-corrected chi connectivity index (χ3v) is 12.0. The van der Waals surface area contributed by atoms with E-state index < -0.39 is 74.8 Å². The van der Waals surface area contributed by atoms with Crippen LogP contribution in [-0.2, 0) is 37.4 Å². The molecule has 352 valence electrons. The number of phosphoric acid groups is 1. The molecular weight excluding hydrogens is 808 g/mol. The average Bonchev–Trinajstić information content (AvgIpc) is 3.51. The Hall–Kier alpha value is -2.68. The van der Waals surface area contributed by atoms with E-state index in [0.29, 0.717) is 12.8 Å². The van der Waals surface area contributed by atoms with Crippen molar-refractivity contribution in [3.05, 3.63) is 34.7 Å². The van der Waals surface area contributed by atoms with Crippen molar-refractivity contribution in [2.75, 3.05) is 25.6 Å². The Balaban J connectivity index is 1.79. The Morgan fingerprint density at radius 1 is 0.787 bits per heavy atom. The minimum atomic E-state index is -4.86. The molecule has 1 aliphatic rings. The first-order chi connectivity index (χ1) is 29.4. The molecule has 1 fully saturated rings. The number of hydrogen-bond donors (Lipinski definition) is 3. The maximum Gasteiger partial charge on any atom is 0.472 e. The van der Waals surface area contributed by atoms with Gasteiger partial charge in [-0.3, -0.25) is 23.2 Å². The van der Waals surface area contributed by atoms with Crippen LogP contribution in [0.4, 0.5) is 10.2 Å². The number of ether oxygens (including phenoxy) is 3. The molecule has 1 aliphatic heterocycles. The summed E-state index contributed by atoms with van der Waals surface area (Å²) in [7, 11) is -4.86. The van der Waals surface area contributed by atoms with Crippen molar-refractivity contribution in [3.8, 4) is 0 Å². The Kier molecular flexibility index (Phi) is 29.4. The van der Waals surface area contributed by atoms with Gasteiger partial charge in [0.1, 0.15) is 18.8 Å². The molecule has 1 aromatic rings.